The molecule has 0 unspecified atom stereocenters. The highest BCUT2D eigenvalue weighted by molar-refractivity contribution is 4.97. The van der Waals surface area contributed by atoms with Crippen LogP contribution in [0.25, 0.3) is 0 Å². The zero-order valence-corrected chi connectivity index (χ0v) is 9.89. The summed E-state index contributed by atoms with van der Waals surface area (Å²) < 4.78 is 10.6. The lowest BCUT2D eigenvalue weighted by molar-refractivity contribution is 0.0339. The van der Waals surface area contributed by atoms with Crippen LogP contribution in [0.3, 0.4) is 0 Å². The fourth-order valence-corrected chi connectivity index (χ4v) is 1.88. The largest absolute Gasteiger partial charge is 0.468 e. The van der Waals surface area contributed by atoms with Crippen molar-refractivity contribution >= 4 is 0 Å². The first-order valence-corrected chi connectivity index (χ1v) is 5.85. The first kappa shape index (κ1) is 11.6. The Morgan fingerprint density at radius 3 is 2.88 bits per heavy atom. The SMILES string of the molecule is CN(CCN1CCOCC1)Cc1ccco1. The topological polar surface area (TPSA) is 28.9 Å². The summed E-state index contributed by atoms with van der Waals surface area (Å²) in [5.41, 5.74) is 0. The summed E-state index contributed by atoms with van der Waals surface area (Å²) in [5.74, 6) is 1.03. The molecule has 1 aromatic heterocycles. The highest BCUT2D eigenvalue weighted by Crippen LogP contribution is 2.04. The van der Waals surface area contributed by atoms with Crippen LogP contribution in [0.2, 0.25) is 0 Å². The number of rotatable bonds is 5. The van der Waals surface area contributed by atoms with Crippen LogP contribution in [0.1, 0.15) is 5.76 Å². The second kappa shape index (κ2) is 6.03. The molecular weight excluding hydrogens is 204 g/mol. The van der Waals surface area contributed by atoms with Gasteiger partial charge in [-0.25, -0.2) is 0 Å². The number of ether oxygens (including phenoxy) is 1. The Labute approximate surface area is 96.8 Å². The summed E-state index contributed by atoms with van der Waals surface area (Å²) in [6.07, 6.45) is 1.73. The average molecular weight is 224 g/mol. The lowest BCUT2D eigenvalue weighted by Crippen LogP contribution is -2.40. The van der Waals surface area contributed by atoms with Crippen molar-refractivity contribution in [2.24, 2.45) is 0 Å². The van der Waals surface area contributed by atoms with Crippen molar-refractivity contribution in [2.75, 3.05) is 46.4 Å². The third kappa shape index (κ3) is 3.63. The molecule has 4 nitrogen and oxygen atoms in total. The second-order valence-electron chi connectivity index (χ2n) is 4.27. The Bertz CT molecular complexity index is 281. The van der Waals surface area contributed by atoms with Crippen molar-refractivity contribution in [2.45, 2.75) is 6.54 Å². The van der Waals surface area contributed by atoms with Gasteiger partial charge in [0.1, 0.15) is 5.76 Å². The van der Waals surface area contributed by atoms with E-state index >= 15 is 0 Å². The predicted octanol–water partition coefficient (Wildman–Crippen LogP) is 1.04. The lowest BCUT2D eigenvalue weighted by Gasteiger charge is -2.28. The van der Waals surface area contributed by atoms with E-state index in [2.05, 4.69) is 16.8 Å². The molecule has 1 saturated heterocycles. The molecule has 16 heavy (non-hydrogen) atoms. The molecule has 0 atom stereocenters. The minimum absolute atomic E-state index is 0.877. The second-order valence-corrected chi connectivity index (χ2v) is 4.27. The molecule has 2 heterocycles. The Balaban J connectivity index is 1.65. The number of likely N-dealkylation sites (N-methyl/N-ethyl adjacent to an activating group) is 1. The van der Waals surface area contributed by atoms with E-state index in [1.165, 1.54) is 0 Å². The van der Waals surface area contributed by atoms with E-state index in [0.29, 0.717) is 0 Å². The molecule has 0 spiro atoms. The molecule has 0 saturated carbocycles. The van der Waals surface area contributed by atoms with Gasteiger partial charge in [0.25, 0.3) is 0 Å². The van der Waals surface area contributed by atoms with Crippen molar-refractivity contribution < 1.29 is 9.15 Å². The summed E-state index contributed by atoms with van der Waals surface area (Å²) in [7, 11) is 2.13. The molecule has 0 aromatic carbocycles. The molecule has 1 aromatic rings. The maximum absolute atomic E-state index is 5.32. The maximum Gasteiger partial charge on any atom is 0.117 e. The summed E-state index contributed by atoms with van der Waals surface area (Å²) in [6.45, 7) is 6.95. The van der Waals surface area contributed by atoms with E-state index in [9.17, 15) is 0 Å². The van der Waals surface area contributed by atoms with Crippen molar-refractivity contribution in [3.05, 3.63) is 24.2 Å². The third-order valence-corrected chi connectivity index (χ3v) is 2.91. The molecule has 0 amide bonds. The number of hydrogen-bond donors (Lipinski definition) is 0. The maximum atomic E-state index is 5.32. The summed E-state index contributed by atoms with van der Waals surface area (Å²) in [5, 5.41) is 0. The van der Waals surface area contributed by atoms with Crippen molar-refractivity contribution in [3.63, 3.8) is 0 Å². The van der Waals surface area contributed by atoms with E-state index in [-0.39, 0.29) is 0 Å². The molecule has 1 fully saturated rings. The van der Waals surface area contributed by atoms with Crippen molar-refractivity contribution in [3.8, 4) is 0 Å². The first-order chi connectivity index (χ1) is 7.84. The first-order valence-electron chi connectivity index (χ1n) is 5.85. The molecule has 0 aliphatic carbocycles. The van der Waals surface area contributed by atoms with Gasteiger partial charge in [-0.2, -0.15) is 0 Å². The van der Waals surface area contributed by atoms with E-state index in [0.717, 1.165) is 51.7 Å². The van der Waals surface area contributed by atoms with Gasteiger partial charge >= 0.3 is 0 Å². The van der Waals surface area contributed by atoms with Crippen LogP contribution in [-0.4, -0.2) is 56.2 Å². The summed E-state index contributed by atoms with van der Waals surface area (Å²) >= 11 is 0. The molecule has 2 rings (SSSR count). The Kier molecular flexibility index (Phi) is 4.39. The molecule has 1 aliphatic rings. The minimum atomic E-state index is 0.877. The quantitative estimate of drug-likeness (QED) is 0.747. The average Bonchev–Trinajstić information content (AvgIpc) is 2.81. The van der Waals surface area contributed by atoms with Gasteiger partial charge in [0.2, 0.25) is 0 Å². The highest BCUT2D eigenvalue weighted by Gasteiger charge is 2.11. The van der Waals surface area contributed by atoms with Crippen LogP contribution in [0.4, 0.5) is 0 Å². The van der Waals surface area contributed by atoms with Crippen LogP contribution in [0, 0.1) is 0 Å². The number of nitrogens with zero attached hydrogens (tertiary/aromatic N) is 2. The van der Waals surface area contributed by atoms with E-state index < -0.39 is 0 Å². The van der Waals surface area contributed by atoms with Gasteiger partial charge in [0.15, 0.2) is 0 Å². The predicted molar refractivity (Wildman–Crippen MR) is 62.3 cm³/mol. The molecule has 0 bridgehead atoms. The number of furan rings is 1. The van der Waals surface area contributed by atoms with Gasteiger partial charge in [0, 0.05) is 26.2 Å². The number of hydrogen-bond acceptors (Lipinski definition) is 4. The van der Waals surface area contributed by atoms with Crippen molar-refractivity contribution in [1.82, 2.24) is 9.80 Å². The van der Waals surface area contributed by atoms with Crippen LogP contribution in [-0.2, 0) is 11.3 Å². The normalized spacial score (nSPS) is 18.1. The summed E-state index contributed by atoms with van der Waals surface area (Å²) in [6, 6.07) is 3.95. The Hall–Kier alpha value is -0.840. The number of morpholine rings is 1. The summed E-state index contributed by atoms with van der Waals surface area (Å²) in [4.78, 5) is 4.73. The zero-order valence-electron chi connectivity index (χ0n) is 9.89. The molecule has 0 N–H and O–H groups in total. The Morgan fingerprint density at radius 1 is 1.38 bits per heavy atom. The molecular formula is C12H20N2O2. The molecule has 1 aliphatic heterocycles. The monoisotopic (exact) mass is 224 g/mol. The van der Waals surface area contributed by atoms with E-state index in [1.54, 1.807) is 6.26 Å². The molecule has 0 radical (unpaired) electrons. The van der Waals surface area contributed by atoms with Gasteiger partial charge < -0.3 is 9.15 Å². The van der Waals surface area contributed by atoms with E-state index in [4.69, 9.17) is 9.15 Å². The van der Waals surface area contributed by atoms with Gasteiger partial charge in [-0.05, 0) is 19.2 Å². The van der Waals surface area contributed by atoms with Crippen LogP contribution >= 0.6 is 0 Å². The van der Waals surface area contributed by atoms with Crippen LogP contribution in [0.15, 0.2) is 22.8 Å². The van der Waals surface area contributed by atoms with E-state index in [1.807, 2.05) is 12.1 Å². The fraction of sp³-hybridized carbons (Fsp3) is 0.667. The van der Waals surface area contributed by atoms with Gasteiger partial charge in [-0.1, -0.05) is 0 Å². The van der Waals surface area contributed by atoms with Gasteiger partial charge in [0.05, 0.1) is 26.0 Å². The van der Waals surface area contributed by atoms with Gasteiger partial charge in [-0.3, -0.25) is 9.80 Å². The lowest BCUT2D eigenvalue weighted by atomic mass is 10.3. The van der Waals surface area contributed by atoms with Crippen LogP contribution < -0.4 is 0 Å². The standard InChI is InChI=1S/C12H20N2O2/c1-13(11-12-3-2-8-16-12)4-5-14-6-9-15-10-7-14/h2-3,8H,4-7,9-11H2,1H3. The zero-order chi connectivity index (χ0) is 11.2. The van der Waals surface area contributed by atoms with Crippen LogP contribution in [0.5, 0.6) is 0 Å². The third-order valence-electron chi connectivity index (χ3n) is 2.91. The highest BCUT2D eigenvalue weighted by atomic mass is 16.5. The molecule has 90 valence electrons. The van der Waals surface area contributed by atoms with Crippen molar-refractivity contribution in [1.29, 1.82) is 0 Å². The van der Waals surface area contributed by atoms with Gasteiger partial charge in [-0.15, -0.1) is 0 Å². The fourth-order valence-electron chi connectivity index (χ4n) is 1.88. The molecule has 4 heteroatoms. The Morgan fingerprint density at radius 2 is 2.19 bits per heavy atom. The minimum Gasteiger partial charge on any atom is -0.468 e. The smallest absolute Gasteiger partial charge is 0.117 e.